The van der Waals surface area contributed by atoms with Crippen LogP contribution in [-0.4, -0.2) is 23.5 Å². The number of hydrogen-bond donors (Lipinski definition) is 2. The Balaban J connectivity index is 0.000000380. The molecule has 0 saturated heterocycles. The number of hydrogen-bond acceptors (Lipinski definition) is 5. The van der Waals surface area contributed by atoms with Crippen LogP contribution in [0.3, 0.4) is 0 Å². The van der Waals surface area contributed by atoms with Gasteiger partial charge in [-0.1, -0.05) is 36.4 Å². The van der Waals surface area contributed by atoms with Gasteiger partial charge in [-0.05, 0) is 30.0 Å². The van der Waals surface area contributed by atoms with Crippen molar-refractivity contribution in [2.45, 2.75) is 20.8 Å². The van der Waals surface area contributed by atoms with Crippen LogP contribution in [0.1, 0.15) is 20.8 Å². The highest BCUT2D eigenvalue weighted by Gasteiger charge is 2.12. The summed E-state index contributed by atoms with van der Waals surface area (Å²) in [6.07, 6.45) is 1.77. The molecule has 6 heteroatoms. The zero-order valence-electron chi connectivity index (χ0n) is 15.7. The van der Waals surface area contributed by atoms with Crippen molar-refractivity contribution in [2.24, 2.45) is 0 Å². The van der Waals surface area contributed by atoms with E-state index in [1.54, 1.807) is 13.1 Å². The summed E-state index contributed by atoms with van der Waals surface area (Å²) < 4.78 is 4.40. The number of nitrogens with one attached hydrogen (secondary N) is 1. The van der Waals surface area contributed by atoms with E-state index in [2.05, 4.69) is 15.0 Å². The molecule has 0 spiro atoms. The number of nitrogens with zero attached hydrogens (tertiary/aromatic N) is 1. The smallest absolute Gasteiger partial charge is 0.302 e. The summed E-state index contributed by atoms with van der Waals surface area (Å²) in [5.41, 5.74) is 8.33. The summed E-state index contributed by atoms with van der Waals surface area (Å²) >= 11 is 0. The minimum absolute atomic E-state index is 0.144. The third kappa shape index (κ3) is 5.54. The van der Waals surface area contributed by atoms with Gasteiger partial charge in [-0.3, -0.25) is 9.59 Å². The van der Waals surface area contributed by atoms with E-state index in [4.69, 9.17) is 5.73 Å². The summed E-state index contributed by atoms with van der Waals surface area (Å²) in [6, 6.07) is 15.5. The molecule has 2 aromatic carbocycles. The van der Waals surface area contributed by atoms with Gasteiger partial charge >= 0.3 is 5.97 Å². The molecule has 3 aromatic rings. The van der Waals surface area contributed by atoms with E-state index in [1.807, 2.05) is 48.5 Å². The van der Waals surface area contributed by atoms with Crippen LogP contribution in [-0.2, 0) is 14.3 Å². The highest BCUT2D eigenvalue weighted by atomic mass is 16.5. The Morgan fingerprint density at radius 2 is 1.74 bits per heavy atom. The molecular formula is C21H23N3O3. The lowest BCUT2D eigenvalue weighted by atomic mass is 9.99. The van der Waals surface area contributed by atoms with Gasteiger partial charge in [0.1, 0.15) is 5.82 Å². The number of anilines is 2. The van der Waals surface area contributed by atoms with Gasteiger partial charge in [0.05, 0.1) is 6.61 Å². The Morgan fingerprint density at radius 3 is 2.30 bits per heavy atom. The highest BCUT2D eigenvalue weighted by Crippen LogP contribution is 2.34. The molecule has 0 aliphatic carbocycles. The molecule has 6 nitrogen and oxygen atoms in total. The van der Waals surface area contributed by atoms with E-state index >= 15 is 0 Å². The summed E-state index contributed by atoms with van der Waals surface area (Å²) in [5.74, 6) is 0.206. The molecule has 27 heavy (non-hydrogen) atoms. The number of carbonyl (C=O) groups is 2. The number of carbonyl (C=O) groups excluding carboxylic acids is 2. The quantitative estimate of drug-likeness (QED) is 0.540. The molecule has 0 fully saturated rings. The normalized spacial score (nSPS) is 9.89. The van der Waals surface area contributed by atoms with Crippen LogP contribution in [0.5, 0.6) is 0 Å². The standard InChI is InChI=1S/C17H15N3O.C4H8O2/c1-11(21)20-17-16(12-6-8-14(18)9-7-12)15-5-3-2-4-13(15)10-19-17;1-3-6-4(2)5/h2-10H,18H2,1H3,(H,19,20,21);3H2,1-2H3. The zero-order chi connectivity index (χ0) is 19.8. The Bertz CT molecular complexity index is 937. The van der Waals surface area contributed by atoms with Crippen LogP contribution in [0, 0.1) is 0 Å². The van der Waals surface area contributed by atoms with Crippen molar-refractivity contribution in [3.63, 3.8) is 0 Å². The van der Waals surface area contributed by atoms with Gasteiger partial charge in [0, 0.05) is 36.7 Å². The molecule has 1 aromatic heterocycles. The monoisotopic (exact) mass is 365 g/mol. The Hall–Kier alpha value is -3.41. The fraction of sp³-hybridized carbons (Fsp3) is 0.190. The van der Waals surface area contributed by atoms with Crippen molar-refractivity contribution in [1.82, 2.24) is 4.98 Å². The van der Waals surface area contributed by atoms with Crippen molar-refractivity contribution in [3.8, 4) is 11.1 Å². The first-order valence-corrected chi connectivity index (χ1v) is 8.57. The van der Waals surface area contributed by atoms with Gasteiger partial charge in [-0.2, -0.15) is 0 Å². The molecule has 0 unspecified atom stereocenters. The van der Waals surface area contributed by atoms with Crippen LogP contribution >= 0.6 is 0 Å². The van der Waals surface area contributed by atoms with Crippen LogP contribution < -0.4 is 11.1 Å². The molecular weight excluding hydrogens is 342 g/mol. The van der Waals surface area contributed by atoms with E-state index in [0.29, 0.717) is 18.1 Å². The van der Waals surface area contributed by atoms with Gasteiger partial charge in [-0.15, -0.1) is 0 Å². The van der Waals surface area contributed by atoms with Gasteiger partial charge in [0.2, 0.25) is 5.91 Å². The second-order valence-corrected chi connectivity index (χ2v) is 5.80. The number of aromatic nitrogens is 1. The number of ether oxygens (including phenoxy) is 1. The maximum atomic E-state index is 11.4. The van der Waals surface area contributed by atoms with Crippen molar-refractivity contribution in [1.29, 1.82) is 0 Å². The number of rotatable bonds is 3. The number of fused-ring (bicyclic) bond motifs is 1. The first-order chi connectivity index (χ1) is 12.9. The maximum absolute atomic E-state index is 11.4. The lowest BCUT2D eigenvalue weighted by Crippen LogP contribution is -2.09. The van der Waals surface area contributed by atoms with E-state index in [1.165, 1.54) is 13.8 Å². The SMILES string of the molecule is CC(=O)Nc1ncc2ccccc2c1-c1ccc(N)cc1.CCOC(C)=O. The number of pyridine rings is 1. The maximum Gasteiger partial charge on any atom is 0.302 e. The van der Waals surface area contributed by atoms with E-state index < -0.39 is 0 Å². The summed E-state index contributed by atoms with van der Waals surface area (Å²) in [7, 11) is 0. The zero-order valence-corrected chi connectivity index (χ0v) is 15.7. The fourth-order valence-corrected chi connectivity index (χ4v) is 2.57. The fourth-order valence-electron chi connectivity index (χ4n) is 2.57. The third-order valence-electron chi connectivity index (χ3n) is 3.64. The number of amides is 1. The Morgan fingerprint density at radius 1 is 1.07 bits per heavy atom. The lowest BCUT2D eigenvalue weighted by Gasteiger charge is -2.13. The lowest BCUT2D eigenvalue weighted by molar-refractivity contribution is -0.140. The van der Waals surface area contributed by atoms with Crippen LogP contribution in [0.25, 0.3) is 21.9 Å². The number of nitrogen functional groups attached to an aromatic ring is 1. The second-order valence-electron chi connectivity index (χ2n) is 5.80. The van der Waals surface area contributed by atoms with Crippen LogP contribution in [0.4, 0.5) is 11.5 Å². The summed E-state index contributed by atoms with van der Waals surface area (Å²) in [5, 5.41) is 4.87. The number of benzene rings is 2. The number of esters is 1. The molecule has 140 valence electrons. The van der Waals surface area contributed by atoms with Crippen molar-refractivity contribution < 1.29 is 14.3 Å². The van der Waals surface area contributed by atoms with Gasteiger partial charge in [-0.25, -0.2) is 4.98 Å². The molecule has 1 amide bonds. The molecule has 1 heterocycles. The molecule has 0 radical (unpaired) electrons. The molecule has 3 N–H and O–H groups in total. The molecule has 0 saturated carbocycles. The molecule has 0 aliphatic heterocycles. The Kier molecular flexibility index (Phi) is 6.88. The minimum atomic E-state index is -0.211. The average molecular weight is 365 g/mol. The van der Waals surface area contributed by atoms with Crippen molar-refractivity contribution in [3.05, 3.63) is 54.7 Å². The van der Waals surface area contributed by atoms with E-state index in [9.17, 15) is 9.59 Å². The van der Waals surface area contributed by atoms with Crippen molar-refractivity contribution >= 4 is 34.2 Å². The predicted molar refractivity (Wildman–Crippen MR) is 108 cm³/mol. The Labute approximate surface area is 158 Å². The average Bonchev–Trinajstić information content (AvgIpc) is 2.62. The van der Waals surface area contributed by atoms with Gasteiger partial charge < -0.3 is 15.8 Å². The van der Waals surface area contributed by atoms with Crippen LogP contribution in [0.15, 0.2) is 54.7 Å². The first kappa shape index (κ1) is 19.9. The van der Waals surface area contributed by atoms with Gasteiger partial charge in [0.25, 0.3) is 0 Å². The molecule has 0 atom stereocenters. The van der Waals surface area contributed by atoms with Crippen LogP contribution in [0.2, 0.25) is 0 Å². The summed E-state index contributed by atoms with van der Waals surface area (Å²) in [6.45, 7) is 5.13. The highest BCUT2D eigenvalue weighted by molar-refractivity contribution is 6.04. The first-order valence-electron chi connectivity index (χ1n) is 8.57. The predicted octanol–water partition coefficient (Wildman–Crippen LogP) is 4.01. The van der Waals surface area contributed by atoms with Gasteiger partial charge in [0.15, 0.2) is 0 Å². The van der Waals surface area contributed by atoms with Crippen molar-refractivity contribution in [2.75, 3.05) is 17.7 Å². The number of nitrogens with two attached hydrogens (primary N) is 1. The molecule has 0 aliphatic rings. The van der Waals surface area contributed by atoms with E-state index in [-0.39, 0.29) is 11.9 Å². The molecule has 3 rings (SSSR count). The second kappa shape index (κ2) is 9.33. The molecule has 0 bridgehead atoms. The topological polar surface area (TPSA) is 94.3 Å². The van der Waals surface area contributed by atoms with E-state index in [0.717, 1.165) is 21.9 Å². The largest absolute Gasteiger partial charge is 0.466 e. The summed E-state index contributed by atoms with van der Waals surface area (Å²) in [4.78, 5) is 25.6. The minimum Gasteiger partial charge on any atom is -0.466 e. The third-order valence-corrected chi connectivity index (χ3v) is 3.64.